The molecule has 1 N–H and O–H groups in total. The highest BCUT2D eigenvalue weighted by Crippen LogP contribution is 2.27. The van der Waals surface area contributed by atoms with Crippen LogP contribution in [0.2, 0.25) is 5.02 Å². The van der Waals surface area contributed by atoms with Crippen molar-refractivity contribution in [1.82, 2.24) is 4.90 Å². The van der Waals surface area contributed by atoms with Gasteiger partial charge in [0.1, 0.15) is 12.3 Å². The number of amides is 1. The molecule has 0 bridgehead atoms. The van der Waals surface area contributed by atoms with Crippen LogP contribution in [-0.4, -0.2) is 55.8 Å². The first-order chi connectivity index (χ1) is 9.99. The highest BCUT2D eigenvalue weighted by Gasteiger charge is 2.20. The fourth-order valence-corrected chi connectivity index (χ4v) is 2.05. The third-order valence-electron chi connectivity index (χ3n) is 2.87. The van der Waals surface area contributed by atoms with Gasteiger partial charge in [-0.3, -0.25) is 9.59 Å². The molecule has 1 amide bonds. The summed E-state index contributed by atoms with van der Waals surface area (Å²) < 4.78 is 10.1. The maximum absolute atomic E-state index is 12.3. The fraction of sp³-hybridized carbons (Fsp3) is 0.429. The summed E-state index contributed by atoms with van der Waals surface area (Å²) >= 11 is 6.08. The second kappa shape index (κ2) is 8.49. The van der Waals surface area contributed by atoms with E-state index in [1.54, 1.807) is 18.2 Å². The van der Waals surface area contributed by atoms with Gasteiger partial charge >= 0.3 is 5.97 Å². The van der Waals surface area contributed by atoms with Gasteiger partial charge < -0.3 is 19.5 Å². The molecule has 0 fully saturated rings. The molecule has 0 aromatic heterocycles. The monoisotopic (exact) mass is 315 g/mol. The van der Waals surface area contributed by atoms with Gasteiger partial charge in [-0.2, -0.15) is 0 Å². The molecule has 0 heterocycles. The van der Waals surface area contributed by atoms with Crippen LogP contribution >= 0.6 is 11.6 Å². The molecule has 0 saturated carbocycles. The maximum atomic E-state index is 12.3. The summed E-state index contributed by atoms with van der Waals surface area (Å²) in [5, 5.41) is 9.28. The number of carboxylic acids is 1. The van der Waals surface area contributed by atoms with Crippen molar-refractivity contribution in [2.24, 2.45) is 0 Å². The van der Waals surface area contributed by atoms with Crippen molar-refractivity contribution in [3.8, 4) is 5.75 Å². The minimum absolute atomic E-state index is 0.0279. The number of carbonyl (C=O) groups is 2. The van der Waals surface area contributed by atoms with E-state index in [9.17, 15) is 9.59 Å². The van der Waals surface area contributed by atoms with Gasteiger partial charge in [-0.15, -0.1) is 0 Å². The number of benzene rings is 1. The molecule has 21 heavy (non-hydrogen) atoms. The molecule has 0 aliphatic heterocycles. The van der Waals surface area contributed by atoms with E-state index >= 15 is 0 Å². The summed E-state index contributed by atoms with van der Waals surface area (Å²) in [6.07, 6.45) is -0.0279. The van der Waals surface area contributed by atoms with Crippen molar-refractivity contribution < 1.29 is 24.2 Å². The van der Waals surface area contributed by atoms with Gasteiger partial charge in [-0.05, 0) is 12.1 Å². The minimum atomic E-state index is -1.08. The van der Waals surface area contributed by atoms with Crippen molar-refractivity contribution in [3.05, 3.63) is 28.8 Å². The number of aliphatic carboxylic acids is 1. The van der Waals surface area contributed by atoms with Gasteiger partial charge in [-0.25, -0.2) is 0 Å². The molecule has 0 unspecified atom stereocenters. The van der Waals surface area contributed by atoms with E-state index in [0.717, 1.165) is 0 Å². The van der Waals surface area contributed by atoms with Crippen LogP contribution in [-0.2, 0) is 20.7 Å². The van der Waals surface area contributed by atoms with E-state index in [4.69, 9.17) is 26.2 Å². The Kier molecular flexibility index (Phi) is 6.98. The van der Waals surface area contributed by atoms with Crippen LogP contribution in [0.1, 0.15) is 5.56 Å². The average molecular weight is 316 g/mol. The summed E-state index contributed by atoms with van der Waals surface area (Å²) in [6, 6.07) is 5.07. The molecule has 0 atom stereocenters. The second-order valence-corrected chi connectivity index (χ2v) is 4.71. The Hall–Kier alpha value is -1.79. The molecule has 0 spiro atoms. The quantitative estimate of drug-likeness (QED) is 0.786. The number of hydrogen-bond donors (Lipinski definition) is 1. The van der Waals surface area contributed by atoms with Crippen LogP contribution in [0.15, 0.2) is 18.2 Å². The van der Waals surface area contributed by atoms with E-state index in [1.165, 1.54) is 19.1 Å². The Morgan fingerprint density at radius 2 is 2.05 bits per heavy atom. The zero-order valence-corrected chi connectivity index (χ0v) is 12.7. The number of methoxy groups -OCH3 is 2. The fourth-order valence-electron chi connectivity index (χ4n) is 1.82. The molecule has 6 nitrogen and oxygen atoms in total. The van der Waals surface area contributed by atoms with Crippen molar-refractivity contribution >= 4 is 23.5 Å². The Balaban J connectivity index is 2.88. The number of rotatable bonds is 8. The molecule has 0 radical (unpaired) electrons. The van der Waals surface area contributed by atoms with Crippen LogP contribution < -0.4 is 4.74 Å². The number of carboxylic acid groups (broad SMARTS) is 1. The van der Waals surface area contributed by atoms with Crippen molar-refractivity contribution in [3.63, 3.8) is 0 Å². The molecule has 1 rings (SSSR count). The predicted molar refractivity (Wildman–Crippen MR) is 77.8 cm³/mol. The zero-order valence-electron chi connectivity index (χ0n) is 12.0. The molecule has 0 aliphatic rings. The number of ether oxygens (including phenoxy) is 2. The summed E-state index contributed by atoms with van der Waals surface area (Å²) in [5.41, 5.74) is 0.541. The lowest BCUT2D eigenvalue weighted by Gasteiger charge is -2.21. The number of halogens is 1. The van der Waals surface area contributed by atoms with E-state index in [0.29, 0.717) is 16.3 Å². The molecular formula is C14H18ClNO5. The average Bonchev–Trinajstić information content (AvgIpc) is 2.45. The molecule has 1 aromatic rings. The van der Waals surface area contributed by atoms with Crippen molar-refractivity contribution in [2.75, 3.05) is 33.9 Å². The van der Waals surface area contributed by atoms with E-state index < -0.39 is 5.97 Å². The van der Waals surface area contributed by atoms with Gasteiger partial charge in [0, 0.05) is 24.2 Å². The molecule has 0 saturated heterocycles. The minimum Gasteiger partial charge on any atom is -0.496 e. The van der Waals surface area contributed by atoms with E-state index in [-0.39, 0.29) is 32.0 Å². The van der Waals surface area contributed by atoms with Crippen LogP contribution in [0.25, 0.3) is 0 Å². The first kappa shape index (κ1) is 17.3. The first-order valence-electron chi connectivity index (χ1n) is 6.29. The summed E-state index contributed by atoms with van der Waals surface area (Å²) in [6.45, 7) is 0.0854. The standard InChI is InChI=1S/C14H18ClNO5/c1-20-7-6-16(9-14(18)19)13(17)8-10-11(15)4-3-5-12(10)21-2/h3-5H,6-9H2,1-2H3,(H,18,19). The Bertz CT molecular complexity index is 506. The van der Waals surface area contributed by atoms with Gasteiger partial charge in [0.25, 0.3) is 0 Å². The lowest BCUT2D eigenvalue weighted by atomic mass is 10.1. The number of hydrogen-bond acceptors (Lipinski definition) is 4. The van der Waals surface area contributed by atoms with E-state index in [2.05, 4.69) is 0 Å². The largest absolute Gasteiger partial charge is 0.496 e. The number of carbonyl (C=O) groups excluding carboxylic acids is 1. The third kappa shape index (κ3) is 5.24. The molecule has 0 aliphatic carbocycles. The highest BCUT2D eigenvalue weighted by molar-refractivity contribution is 6.31. The van der Waals surface area contributed by atoms with Crippen LogP contribution in [0.5, 0.6) is 5.75 Å². The van der Waals surface area contributed by atoms with Crippen molar-refractivity contribution in [1.29, 1.82) is 0 Å². The second-order valence-electron chi connectivity index (χ2n) is 4.30. The highest BCUT2D eigenvalue weighted by atomic mass is 35.5. The SMILES string of the molecule is COCCN(CC(=O)O)C(=O)Cc1c(Cl)cccc1OC. The van der Waals surface area contributed by atoms with Crippen LogP contribution in [0.4, 0.5) is 0 Å². The number of nitrogens with zero attached hydrogens (tertiary/aromatic N) is 1. The van der Waals surface area contributed by atoms with Crippen LogP contribution in [0, 0.1) is 0 Å². The van der Waals surface area contributed by atoms with Gasteiger partial charge in [0.05, 0.1) is 20.1 Å². The summed E-state index contributed by atoms with van der Waals surface area (Å²) in [4.78, 5) is 24.3. The zero-order chi connectivity index (χ0) is 15.8. The first-order valence-corrected chi connectivity index (χ1v) is 6.67. The topological polar surface area (TPSA) is 76.1 Å². The maximum Gasteiger partial charge on any atom is 0.323 e. The Morgan fingerprint density at radius 3 is 2.62 bits per heavy atom. The van der Waals surface area contributed by atoms with Gasteiger partial charge in [0.15, 0.2) is 0 Å². The van der Waals surface area contributed by atoms with E-state index in [1.807, 2.05) is 0 Å². The van der Waals surface area contributed by atoms with Crippen molar-refractivity contribution in [2.45, 2.75) is 6.42 Å². The van der Waals surface area contributed by atoms with Gasteiger partial charge in [0.2, 0.25) is 5.91 Å². The summed E-state index contributed by atoms with van der Waals surface area (Å²) in [5.74, 6) is -0.927. The predicted octanol–water partition coefficient (Wildman–Crippen LogP) is 1.45. The van der Waals surface area contributed by atoms with Gasteiger partial charge in [-0.1, -0.05) is 17.7 Å². The lowest BCUT2D eigenvalue weighted by molar-refractivity contribution is -0.144. The molecule has 7 heteroatoms. The molecule has 1 aromatic carbocycles. The van der Waals surface area contributed by atoms with Crippen LogP contribution in [0.3, 0.4) is 0 Å². The summed E-state index contributed by atoms with van der Waals surface area (Å²) in [7, 11) is 2.97. The normalized spacial score (nSPS) is 10.2. The lowest BCUT2D eigenvalue weighted by Crippen LogP contribution is -2.39. The smallest absolute Gasteiger partial charge is 0.323 e. The Labute approximate surface area is 128 Å². The third-order valence-corrected chi connectivity index (χ3v) is 3.22. The Morgan fingerprint density at radius 1 is 1.33 bits per heavy atom. The molecule has 116 valence electrons. The molecular weight excluding hydrogens is 298 g/mol.